The number of carbonyl (C=O) groups excluding carboxylic acids is 1. The van der Waals surface area contributed by atoms with Crippen molar-refractivity contribution in [1.29, 1.82) is 0 Å². The minimum Gasteiger partial charge on any atom is -0.481 e. The number of halogens is 2. The highest BCUT2D eigenvalue weighted by atomic mass is 19.3. The van der Waals surface area contributed by atoms with Crippen molar-refractivity contribution in [2.75, 3.05) is 6.61 Å². The van der Waals surface area contributed by atoms with Gasteiger partial charge in [-0.3, -0.25) is 4.79 Å². The van der Waals surface area contributed by atoms with Crippen LogP contribution < -0.4 is 0 Å². The molecule has 0 saturated heterocycles. The Kier molecular flexibility index (Phi) is 7.38. The molecule has 0 amide bonds. The van der Waals surface area contributed by atoms with E-state index in [9.17, 15) is 18.4 Å². The standard InChI is InChI=1S/C17H20F2O4/c1-2-23-16(22)17(18,19)14-11-9-13(10-12-14)7-5-3-4-6-8-15(20)21/h5,7,9-12H,2-4,6,8H2,1H3,(H,20,21). The number of hydrogen-bond donors (Lipinski definition) is 1. The maximum absolute atomic E-state index is 13.8. The minimum absolute atomic E-state index is 0.100. The van der Waals surface area contributed by atoms with Crippen molar-refractivity contribution in [3.63, 3.8) is 0 Å². The number of alkyl halides is 2. The van der Waals surface area contributed by atoms with Crippen LogP contribution in [0.5, 0.6) is 0 Å². The van der Waals surface area contributed by atoms with Crippen molar-refractivity contribution in [3.05, 3.63) is 41.5 Å². The summed E-state index contributed by atoms with van der Waals surface area (Å²) in [5.74, 6) is -6.02. The van der Waals surface area contributed by atoms with Crippen LogP contribution in [0.25, 0.3) is 6.08 Å². The number of esters is 1. The Hall–Kier alpha value is -2.24. The molecule has 0 aromatic heterocycles. The van der Waals surface area contributed by atoms with Gasteiger partial charge in [0.15, 0.2) is 0 Å². The molecule has 0 bridgehead atoms. The third kappa shape index (κ3) is 6.18. The molecule has 0 fully saturated rings. The van der Waals surface area contributed by atoms with Crippen LogP contribution in [-0.4, -0.2) is 23.7 Å². The summed E-state index contributed by atoms with van der Waals surface area (Å²) >= 11 is 0. The van der Waals surface area contributed by atoms with Gasteiger partial charge < -0.3 is 9.84 Å². The molecule has 0 spiro atoms. The fourth-order valence-electron chi connectivity index (χ4n) is 1.90. The fourth-order valence-corrected chi connectivity index (χ4v) is 1.90. The lowest BCUT2D eigenvalue weighted by molar-refractivity contribution is -0.173. The molecule has 126 valence electrons. The lowest BCUT2D eigenvalue weighted by atomic mass is 10.1. The van der Waals surface area contributed by atoms with E-state index >= 15 is 0 Å². The Morgan fingerprint density at radius 1 is 1.22 bits per heavy atom. The summed E-state index contributed by atoms with van der Waals surface area (Å²) in [6, 6.07) is 5.38. The second-order valence-corrected chi connectivity index (χ2v) is 4.96. The summed E-state index contributed by atoms with van der Waals surface area (Å²) in [5, 5.41) is 8.50. The molecule has 0 atom stereocenters. The molecule has 1 N–H and O–H groups in total. The van der Waals surface area contributed by atoms with Crippen LogP contribution in [0.3, 0.4) is 0 Å². The van der Waals surface area contributed by atoms with Crippen LogP contribution in [0.4, 0.5) is 8.78 Å². The normalized spacial score (nSPS) is 11.6. The molecule has 4 nitrogen and oxygen atoms in total. The van der Waals surface area contributed by atoms with Gasteiger partial charge in [0.1, 0.15) is 0 Å². The molecule has 0 saturated carbocycles. The van der Waals surface area contributed by atoms with Crippen LogP contribution >= 0.6 is 0 Å². The van der Waals surface area contributed by atoms with E-state index in [1.165, 1.54) is 31.2 Å². The molecule has 0 unspecified atom stereocenters. The summed E-state index contributed by atoms with van der Waals surface area (Å²) in [6.45, 7) is 1.37. The van der Waals surface area contributed by atoms with E-state index in [4.69, 9.17) is 5.11 Å². The van der Waals surface area contributed by atoms with Crippen molar-refractivity contribution < 1.29 is 28.2 Å². The zero-order valence-corrected chi connectivity index (χ0v) is 12.9. The molecule has 6 heteroatoms. The average molecular weight is 326 g/mol. The summed E-state index contributed by atoms with van der Waals surface area (Å²) in [6.07, 6.45) is 5.85. The van der Waals surface area contributed by atoms with E-state index in [1.54, 1.807) is 6.08 Å². The smallest absolute Gasteiger partial charge is 0.381 e. The third-order valence-electron chi connectivity index (χ3n) is 3.13. The minimum atomic E-state index is -3.66. The van der Waals surface area contributed by atoms with Gasteiger partial charge in [-0.2, -0.15) is 8.78 Å². The number of unbranched alkanes of at least 4 members (excludes halogenated alkanes) is 2. The first kappa shape index (κ1) is 18.8. The molecule has 1 rings (SSSR count). The number of benzene rings is 1. The third-order valence-corrected chi connectivity index (χ3v) is 3.13. The highest BCUT2D eigenvalue weighted by Crippen LogP contribution is 2.29. The Labute approximate surface area is 133 Å². The zero-order valence-electron chi connectivity index (χ0n) is 12.9. The number of hydrogen-bond acceptors (Lipinski definition) is 3. The van der Waals surface area contributed by atoms with E-state index in [0.717, 1.165) is 12.0 Å². The zero-order chi connectivity index (χ0) is 17.3. The lowest BCUT2D eigenvalue weighted by Crippen LogP contribution is -2.28. The van der Waals surface area contributed by atoms with Crippen LogP contribution in [0.15, 0.2) is 30.3 Å². The van der Waals surface area contributed by atoms with Gasteiger partial charge in [0.2, 0.25) is 0 Å². The number of allylic oxidation sites excluding steroid dienone is 1. The van der Waals surface area contributed by atoms with Crippen LogP contribution in [0.1, 0.15) is 43.7 Å². The van der Waals surface area contributed by atoms with Crippen molar-refractivity contribution in [2.45, 2.75) is 38.5 Å². The van der Waals surface area contributed by atoms with E-state index < -0.39 is 23.4 Å². The number of carboxylic acids is 1. The van der Waals surface area contributed by atoms with Crippen LogP contribution in [0.2, 0.25) is 0 Å². The molecule has 1 aromatic carbocycles. The van der Waals surface area contributed by atoms with Gasteiger partial charge in [0.05, 0.1) is 6.61 Å². The second-order valence-electron chi connectivity index (χ2n) is 4.96. The molecule has 1 aromatic rings. The average Bonchev–Trinajstić information content (AvgIpc) is 2.51. The molecule has 0 aliphatic heterocycles. The van der Waals surface area contributed by atoms with Crippen molar-refractivity contribution in [3.8, 4) is 0 Å². The molecule has 0 aliphatic carbocycles. The SMILES string of the molecule is CCOC(=O)C(F)(F)c1ccc(C=CCCCCC(=O)O)cc1. The van der Waals surface area contributed by atoms with E-state index in [2.05, 4.69) is 4.74 Å². The molecule has 0 heterocycles. The van der Waals surface area contributed by atoms with Gasteiger partial charge in [-0.1, -0.05) is 36.4 Å². The Morgan fingerprint density at radius 3 is 2.43 bits per heavy atom. The monoisotopic (exact) mass is 326 g/mol. The van der Waals surface area contributed by atoms with Gasteiger partial charge in [0.25, 0.3) is 0 Å². The molecule has 0 aliphatic rings. The maximum Gasteiger partial charge on any atom is 0.381 e. The molecule has 23 heavy (non-hydrogen) atoms. The Balaban J connectivity index is 2.56. The number of aliphatic carboxylic acids is 1. The molecular weight excluding hydrogens is 306 g/mol. The predicted octanol–water partition coefficient (Wildman–Crippen LogP) is 4.00. The number of ether oxygens (including phenoxy) is 1. The van der Waals surface area contributed by atoms with E-state index in [0.29, 0.717) is 12.8 Å². The first-order valence-corrected chi connectivity index (χ1v) is 7.41. The molecule has 0 radical (unpaired) electrons. The van der Waals surface area contributed by atoms with Gasteiger partial charge in [-0.25, -0.2) is 4.79 Å². The first-order chi connectivity index (χ1) is 10.9. The highest BCUT2D eigenvalue weighted by Gasteiger charge is 2.42. The van der Waals surface area contributed by atoms with Gasteiger partial charge in [-0.15, -0.1) is 0 Å². The van der Waals surface area contributed by atoms with E-state index in [-0.39, 0.29) is 13.0 Å². The van der Waals surface area contributed by atoms with Crippen molar-refractivity contribution >= 4 is 18.0 Å². The number of carboxylic acid groups (broad SMARTS) is 1. The molecular formula is C17H20F2O4. The number of carbonyl (C=O) groups is 2. The largest absolute Gasteiger partial charge is 0.481 e. The summed E-state index contributed by atoms with van der Waals surface area (Å²) in [4.78, 5) is 21.6. The quantitative estimate of drug-likeness (QED) is 0.550. The summed E-state index contributed by atoms with van der Waals surface area (Å²) in [7, 11) is 0. The topological polar surface area (TPSA) is 63.6 Å². The van der Waals surface area contributed by atoms with Gasteiger partial charge in [0, 0.05) is 12.0 Å². The van der Waals surface area contributed by atoms with E-state index in [1.807, 2.05) is 6.08 Å². The van der Waals surface area contributed by atoms with Crippen LogP contribution in [0, 0.1) is 0 Å². The van der Waals surface area contributed by atoms with Gasteiger partial charge in [-0.05, 0) is 31.7 Å². The van der Waals surface area contributed by atoms with Crippen molar-refractivity contribution in [1.82, 2.24) is 0 Å². The number of rotatable bonds is 9. The second kappa shape index (κ2) is 9.02. The fraction of sp³-hybridized carbons (Fsp3) is 0.412. The Morgan fingerprint density at radius 2 is 1.87 bits per heavy atom. The summed E-state index contributed by atoms with van der Waals surface area (Å²) in [5.41, 5.74) is 0.321. The lowest BCUT2D eigenvalue weighted by Gasteiger charge is -2.14. The van der Waals surface area contributed by atoms with Crippen molar-refractivity contribution in [2.24, 2.45) is 0 Å². The predicted molar refractivity (Wildman–Crippen MR) is 82.1 cm³/mol. The Bertz CT molecular complexity index is 550. The van der Waals surface area contributed by atoms with Crippen LogP contribution in [-0.2, 0) is 20.2 Å². The first-order valence-electron chi connectivity index (χ1n) is 7.41. The maximum atomic E-state index is 13.8. The summed E-state index contributed by atoms with van der Waals surface area (Å²) < 4.78 is 31.9. The van der Waals surface area contributed by atoms with Gasteiger partial charge >= 0.3 is 17.9 Å². The highest BCUT2D eigenvalue weighted by molar-refractivity contribution is 5.79.